The first-order chi connectivity index (χ1) is 31.7. The molecule has 0 radical (unpaired) electrons. The van der Waals surface area contributed by atoms with Crippen LogP contribution in [0.2, 0.25) is 0 Å². The Bertz CT molecular complexity index is 2190. The molecule has 2 aromatic heterocycles. The van der Waals surface area contributed by atoms with Crippen LogP contribution >= 0.6 is 0 Å². The minimum Gasteiger partial charge on any atom is -0.456 e. The van der Waals surface area contributed by atoms with Crippen molar-refractivity contribution in [1.82, 2.24) is 29.9 Å². The van der Waals surface area contributed by atoms with Gasteiger partial charge >= 0.3 is 18.0 Å². The summed E-state index contributed by atoms with van der Waals surface area (Å²) in [6.45, 7) is 13.1. The van der Waals surface area contributed by atoms with Crippen LogP contribution in [0.4, 0.5) is 9.18 Å². The van der Waals surface area contributed by atoms with Crippen LogP contribution in [0, 0.1) is 17.8 Å². The number of carbonyl (C=O) groups excluding carboxylic acids is 5. The summed E-state index contributed by atoms with van der Waals surface area (Å²) in [5.41, 5.74) is 0.324. The largest absolute Gasteiger partial charge is 0.456 e. The summed E-state index contributed by atoms with van der Waals surface area (Å²) in [7, 11) is 5.06. The summed E-state index contributed by atoms with van der Waals surface area (Å²) >= 11 is 0. The second-order valence-electron chi connectivity index (χ2n) is 18.9. The number of nitrogens with zero attached hydrogens (tertiary/aromatic N) is 5. The van der Waals surface area contributed by atoms with Crippen molar-refractivity contribution in [2.24, 2.45) is 17.8 Å². The lowest BCUT2D eigenvalue weighted by molar-refractivity contribution is -0.294. The quantitative estimate of drug-likeness (QED) is 0.116. The number of Topliss-reactive ketones (excluding diaryl/α,β-unsaturated/α-hetero) is 2. The van der Waals surface area contributed by atoms with Crippen molar-refractivity contribution >= 4 is 29.6 Å². The monoisotopic (exact) mass is 934 g/mol. The van der Waals surface area contributed by atoms with E-state index in [1.165, 1.54) is 19.0 Å². The number of amides is 1. The van der Waals surface area contributed by atoms with Gasteiger partial charge < -0.3 is 37.9 Å². The number of halogens is 1. The molecule has 6 rings (SSSR count). The fourth-order valence-corrected chi connectivity index (χ4v) is 9.67. The van der Waals surface area contributed by atoms with E-state index >= 15 is 4.39 Å². The number of fused-ring (bicyclic) bond motifs is 1. The Balaban J connectivity index is 1.31. The van der Waals surface area contributed by atoms with Crippen molar-refractivity contribution in [2.75, 3.05) is 27.7 Å². The van der Waals surface area contributed by atoms with Crippen molar-refractivity contribution < 1.29 is 56.8 Å². The zero-order chi connectivity index (χ0) is 49.0. The van der Waals surface area contributed by atoms with E-state index < -0.39 is 102 Å². The smallest absolute Gasteiger partial charge is 0.425 e. The Hall–Kier alpha value is -5.14. The number of methoxy groups -OCH3 is 1. The molecular weight excluding hydrogens is 868 g/mol. The van der Waals surface area contributed by atoms with Crippen LogP contribution in [-0.4, -0.2) is 142 Å². The van der Waals surface area contributed by atoms with Gasteiger partial charge in [0.15, 0.2) is 24.3 Å². The average molecular weight is 935 g/mol. The Labute approximate surface area is 392 Å². The van der Waals surface area contributed by atoms with Crippen LogP contribution in [0.15, 0.2) is 67.4 Å². The number of imidazole rings is 1. The fourth-order valence-electron chi connectivity index (χ4n) is 9.67. The Morgan fingerprint density at radius 3 is 2.39 bits per heavy atom. The van der Waals surface area contributed by atoms with Gasteiger partial charge in [-0.2, -0.15) is 0 Å². The molecule has 3 fully saturated rings. The lowest BCUT2D eigenvalue weighted by atomic mass is 9.75. The number of cyclic esters (lactones) is 1. The highest BCUT2D eigenvalue weighted by Gasteiger charge is 2.57. The molecule has 5 heterocycles. The molecule has 14 atom stereocenters. The number of likely N-dealkylation sites (N-methyl/N-ethyl adjacent to an activating group) is 1. The summed E-state index contributed by atoms with van der Waals surface area (Å²) in [5, 5.41) is 1.26. The number of aromatic nitrogens is 3. The van der Waals surface area contributed by atoms with Crippen molar-refractivity contribution in [1.29, 1.82) is 0 Å². The number of ether oxygens (including phenoxy) is 6. The standard InChI is InChI=1S/C49H67FN6O11/c1-12-37-41-38(56(47(61)66-41)53-22-20-29(3)55-26-35(52-27-55)34-19-16-21-51-25-34)31(5)39(57)28(2)24-48(7,62-11)43(32(6)42(58)49(8,50)46(60)64-37)67-45-40(36(54(9)10)23-30(4)63-45)65-44(59)33-17-14-13-15-18-33/h13-19,21,25-32,36-38,40-41,43,45,53H,12,20,22-24H2,1-11H3/t28-,29?,30-,31-,32+,36+,37-,38-,40-,41?,43-,45?,48+,49+/m1/s1. The van der Waals surface area contributed by atoms with Crippen molar-refractivity contribution in [3.05, 3.63) is 72.9 Å². The molecule has 3 aliphatic rings. The maximum absolute atomic E-state index is 17.1. The number of esters is 2. The fraction of sp³-hybridized carbons (Fsp3) is 0.612. The number of rotatable bonds is 13. The molecule has 0 spiro atoms. The van der Waals surface area contributed by atoms with Gasteiger partial charge in [-0.15, -0.1) is 0 Å². The second-order valence-corrected chi connectivity index (χ2v) is 18.9. The number of carbonyl (C=O) groups is 5. The first-order valence-corrected chi connectivity index (χ1v) is 23.2. The van der Waals surface area contributed by atoms with Gasteiger partial charge in [-0.05, 0) is 91.7 Å². The zero-order valence-corrected chi connectivity index (χ0v) is 40.4. The average Bonchev–Trinajstić information content (AvgIpc) is 3.94. The highest BCUT2D eigenvalue weighted by atomic mass is 19.1. The van der Waals surface area contributed by atoms with Crippen molar-refractivity contribution in [3.63, 3.8) is 0 Å². The summed E-state index contributed by atoms with van der Waals surface area (Å²) in [4.78, 5) is 81.4. The normalized spacial score (nSPS) is 33.7. The van der Waals surface area contributed by atoms with Gasteiger partial charge in [-0.1, -0.05) is 45.9 Å². The van der Waals surface area contributed by atoms with Crippen LogP contribution in [0.3, 0.4) is 0 Å². The Morgan fingerprint density at radius 1 is 1.03 bits per heavy atom. The first kappa shape index (κ1) is 51.3. The number of hydrazine groups is 1. The van der Waals surface area contributed by atoms with Gasteiger partial charge in [0.25, 0.3) is 5.67 Å². The third-order valence-corrected chi connectivity index (χ3v) is 13.7. The van der Waals surface area contributed by atoms with E-state index in [4.69, 9.17) is 28.4 Å². The molecule has 0 saturated carbocycles. The van der Waals surface area contributed by atoms with Crippen molar-refractivity contribution in [2.45, 2.75) is 147 Å². The zero-order valence-electron chi connectivity index (χ0n) is 40.4. The maximum atomic E-state index is 17.1. The number of alkyl halides is 1. The van der Waals surface area contributed by atoms with Crippen molar-refractivity contribution in [3.8, 4) is 11.3 Å². The SMILES string of the molecule is CC[C@H]1OC(=O)[C@@](C)(F)C(=O)[C@H](C)[C@@H](OC2O[C@H](C)C[C@H](N(C)C)[C@H]2OC(=O)c2ccccc2)[C@@](C)(OC)C[C@@H](C)C(=O)[C@H](C)[C@@H]2C1OC(=O)N2NCCC(C)n1cnc(-c2cccnc2)c1. The van der Waals surface area contributed by atoms with Gasteiger partial charge in [0, 0.05) is 61.6 Å². The predicted molar refractivity (Wildman–Crippen MR) is 243 cm³/mol. The summed E-state index contributed by atoms with van der Waals surface area (Å²) < 4.78 is 56.3. The first-order valence-electron chi connectivity index (χ1n) is 23.2. The predicted octanol–water partition coefficient (Wildman–Crippen LogP) is 6.17. The molecule has 0 aliphatic carbocycles. The molecule has 3 saturated heterocycles. The van der Waals surface area contributed by atoms with Gasteiger partial charge in [0.05, 0.1) is 41.4 Å². The van der Waals surface area contributed by atoms with E-state index in [9.17, 15) is 24.0 Å². The summed E-state index contributed by atoms with van der Waals surface area (Å²) in [6, 6.07) is 10.7. The molecule has 1 N–H and O–H groups in total. The van der Waals surface area contributed by atoms with Gasteiger partial charge in [0.2, 0.25) is 0 Å². The molecule has 3 aliphatic heterocycles. The second kappa shape index (κ2) is 21.4. The third-order valence-electron chi connectivity index (χ3n) is 13.7. The Kier molecular flexibility index (Phi) is 16.4. The number of nitrogens with one attached hydrogen (secondary N) is 1. The number of ketones is 2. The molecule has 1 aromatic carbocycles. The summed E-state index contributed by atoms with van der Waals surface area (Å²) in [5.74, 6) is -6.76. The van der Waals surface area contributed by atoms with Gasteiger partial charge in [-0.25, -0.2) is 34.2 Å². The topological polar surface area (TPSA) is 190 Å². The summed E-state index contributed by atoms with van der Waals surface area (Å²) in [6.07, 6.45) is 0.596. The van der Waals surface area contributed by atoms with E-state index in [2.05, 4.69) is 15.4 Å². The lowest BCUT2D eigenvalue weighted by Crippen LogP contribution is -2.61. The molecule has 17 nitrogen and oxygen atoms in total. The van der Waals surface area contributed by atoms with E-state index in [0.717, 1.165) is 18.2 Å². The molecule has 0 bridgehead atoms. The highest BCUT2D eigenvalue weighted by molar-refractivity contribution is 6.08. The Morgan fingerprint density at radius 2 is 1.75 bits per heavy atom. The van der Waals surface area contributed by atoms with Crippen LogP contribution in [-0.2, 0) is 42.8 Å². The number of hydrogen-bond donors (Lipinski definition) is 1. The number of hydrogen-bond acceptors (Lipinski definition) is 15. The van der Waals surface area contributed by atoms with Crippen LogP contribution in [0.25, 0.3) is 11.3 Å². The minimum absolute atomic E-state index is 0.0576. The van der Waals surface area contributed by atoms with Gasteiger partial charge in [-0.3, -0.25) is 14.6 Å². The lowest BCUT2D eigenvalue weighted by Gasteiger charge is -2.47. The molecule has 18 heteroatoms. The van der Waals surface area contributed by atoms with Crippen LogP contribution < -0.4 is 5.43 Å². The van der Waals surface area contributed by atoms with E-state index in [0.29, 0.717) is 18.4 Å². The maximum Gasteiger partial charge on any atom is 0.425 e. The molecule has 3 aromatic rings. The van der Waals surface area contributed by atoms with Crippen LogP contribution in [0.5, 0.6) is 0 Å². The van der Waals surface area contributed by atoms with Crippen LogP contribution in [0.1, 0.15) is 97.5 Å². The highest BCUT2D eigenvalue weighted by Crippen LogP contribution is 2.40. The van der Waals surface area contributed by atoms with Gasteiger partial charge in [0.1, 0.15) is 17.9 Å². The number of pyridine rings is 1. The van der Waals surface area contributed by atoms with E-state index in [1.54, 1.807) is 76.7 Å². The van der Waals surface area contributed by atoms with E-state index in [1.807, 2.05) is 55.7 Å². The minimum atomic E-state index is -3.23. The molecular formula is C49H67FN6O11. The molecule has 366 valence electrons. The molecule has 67 heavy (non-hydrogen) atoms. The number of benzene rings is 1. The third kappa shape index (κ3) is 11.1. The van der Waals surface area contributed by atoms with E-state index in [-0.39, 0.29) is 31.2 Å². The molecule has 3 unspecified atom stereocenters. The molecule has 1 amide bonds.